The number of carbonyl (C=O) groups excluding carboxylic acids is 1. The van der Waals surface area contributed by atoms with Crippen molar-refractivity contribution in [2.75, 3.05) is 11.8 Å². The molecule has 0 unspecified atom stereocenters. The lowest BCUT2D eigenvalue weighted by atomic mass is 10.2. The molecule has 0 heterocycles. The van der Waals surface area contributed by atoms with Gasteiger partial charge in [-0.3, -0.25) is 4.72 Å². The van der Waals surface area contributed by atoms with Gasteiger partial charge in [-0.2, -0.15) is 8.42 Å². The van der Waals surface area contributed by atoms with E-state index in [9.17, 15) is 13.2 Å². The fourth-order valence-electron chi connectivity index (χ4n) is 1.08. The zero-order valence-corrected chi connectivity index (χ0v) is 12.0. The maximum atomic E-state index is 11.6. The second kappa shape index (κ2) is 6.04. The van der Waals surface area contributed by atoms with Gasteiger partial charge in [0.2, 0.25) is 0 Å². The first-order valence-electron chi connectivity index (χ1n) is 4.73. The molecular formula is C9H10ClN3O4S2. The van der Waals surface area contributed by atoms with E-state index in [4.69, 9.17) is 29.6 Å². The van der Waals surface area contributed by atoms with E-state index in [2.05, 4.69) is 9.46 Å². The first-order valence-corrected chi connectivity index (χ1v) is 7.00. The predicted molar refractivity (Wildman–Crippen MR) is 75.4 cm³/mol. The van der Waals surface area contributed by atoms with Crippen LogP contribution < -0.4 is 15.2 Å². The predicted octanol–water partition coefficient (Wildman–Crippen LogP) is 0.987. The standard InChI is InChI=1S/C9H10ClN3O4S2/c1-17-9(14)13-19(15,16)12-7-4-5(8(11)18)2-3-6(7)10/h2-4,12H,1H3,(H2,11,18)(H,13,14). The third kappa shape index (κ3) is 4.54. The molecule has 4 N–H and O–H groups in total. The van der Waals surface area contributed by atoms with Gasteiger partial charge in [0.1, 0.15) is 4.99 Å². The van der Waals surface area contributed by atoms with Gasteiger partial charge in [-0.05, 0) is 12.1 Å². The largest absolute Gasteiger partial charge is 0.452 e. The number of halogens is 1. The van der Waals surface area contributed by atoms with Crippen molar-refractivity contribution in [3.05, 3.63) is 28.8 Å². The molecule has 0 aromatic heterocycles. The minimum absolute atomic E-state index is 0.0309. The number of nitrogens with one attached hydrogen (secondary N) is 2. The molecule has 0 aliphatic carbocycles. The molecule has 0 fully saturated rings. The molecule has 0 bridgehead atoms. The Morgan fingerprint density at radius 1 is 1.47 bits per heavy atom. The molecule has 0 aliphatic rings. The molecule has 1 amide bonds. The molecule has 0 radical (unpaired) electrons. The summed E-state index contributed by atoms with van der Waals surface area (Å²) in [5, 5.41) is 0.121. The van der Waals surface area contributed by atoms with Gasteiger partial charge in [-0.25, -0.2) is 9.52 Å². The molecule has 104 valence electrons. The average Bonchev–Trinajstić information content (AvgIpc) is 2.30. The van der Waals surface area contributed by atoms with Crippen molar-refractivity contribution in [1.82, 2.24) is 4.72 Å². The van der Waals surface area contributed by atoms with E-state index >= 15 is 0 Å². The molecular weight excluding hydrogens is 314 g/mol. The van der Waals surface area contributed by atoms with Crippen LogP contribution in [-0.2, 0) is 14.9 Å². The summed E-state index contributed by atoms with van der Waals surface area (Å²) in [5.41, 5.74) is 5.88. The minimum Gasteiger partial charge on any atom is -0.452 e. The van der Waals surface area contributed by atoms with Gasteiger partial charge in [-0.1, -0.05) is 29.9 Å². The number of amides is 1. The number of thiocarbonyl (C=S) groups is 1. The third-order valence-electron chi connectivity index (χ3n) is 1.90. The van der Waals surface area contributed by atoms with E-state index in [1.807, 2.05) is 0 Å². The number of carbonyl (C=O) groups is 1. The number of rotatable bonds is 4. The third-order valence-corrected chi connectivity index (χ3v) is 3.39. The number of benzene rings is 1. The van der Waals surface area contributed by atoms with Crippen molar-refractivity contribution in [3.8, 4) is 0 Å². The fraction of sp³-hybridized carbons (Fsp3) is 0.111. The Kier molecular flexibility index (Phi) is 4.92. The minimum atomic E-state index is -4.15. The second-order valence-electron chi connectivity index (χ2n) is 3.26. The van der Waals surface area contributed by atoms with Crippen LogP contribution >= 0.6 is 23.8 Å². The number of hydrogen-bond acceptors (Lipinski definition) is 5. The summed E-state index contributed by atoms with van der Waals surface area (Å²) in [7, 11) is -3.12. The lowest BCUT2D eigenvalue weighted by Crippen LogP contribution is -2.35. The molecule has 19 heavy (non-hydrogen) atoms. The Labute approximate surface area is 120 Å². The molecule has 10 heteroatoms. The molecule has 0 saturated carbocycles. The normalized spacial score (nSPS) is 10.6. The molecule has 1 aromatic rings. The van der Waals surface area contributed by atoms with E-state index in [-0.39, 0.29) is 15.7 Å². The summed E-state index contributed by atoms with van der Waals surface area (Å²) in [6.45, 7) is 0. The van der Waals surface area contributed by atoms with Gasteiger partial charge in [-0.15, -0.1) is 0 Å². The SMILES string of the molecule is COC(=O)NS(=O)(=O)Nc1cc(C(N)=S)ccc1Cl. The van der Waals surface area contributed by atoms with E-state index in [0.717, 1.165) is 7.11 Å². The Balaban J connectivity index is 3.02. The Hall–Kier alpha value is -1.58. The van der Waals surface area contributed by atoms with Crippen LogP contribution in [0, 0.1) is 0 Å². The number of ether oxygens (including phenoxy) is 1. The molecule has 0 saturated heterocycles. The Morgan fingerprint density at radius 3 is 2.63 bits per heavy atom. The van der Waals surface area contributed by atoms with Crippen LogP contribution in [0.2, 0.25) is 5.02 Å². The van der Waals surface area contributed by atoms with Gasteiger partial charge >= 0.3 is 16.3 Å². The van der Waals surface area contributed by atoms with Crippen LogP contribution in [0.4, 0.5) is 10.5 Å². The van der Waals surface area contributed by atoms with Gasteiger partial charge in [0, 0.05) is 5.56 Å². The van der Waals surface area contributed by atoms with Crippen LogP contribution in [0.5, 0.6) is 0 Å². The van der Waals surface area contributed by atoms with Crippen LogP contribution in [0.1, 0.15) is 5.56 Å². The monoisotopic (exact) mass is 323 g/mol. The highest BCUT2D eigenvalue weighted by molar-refractivity contribution is 7.91. The van der Waals surface area contributed by atoms with E-state index in [0.29, 0.717) is 5.56 Å². The molecule has 1 aromatic carbocycles. The fourth-order valence-corrected chi connectivity index (χ4v) is 2.24. The number of hydrogen-bond donors (Lipinski definition) is 3. The summed E-state index contributed by atoms with van der Waals surface area (Å²) in [6, 6.07) is 4.31. The van der Waals surface area contributed by atoms with Crippen LogP contribution in [0.3, 0.4) is 0 Å². The molecule has 0 aliphatic heterocycles. The maximum Gasteiger partial charge on any atom is 0.422 e. The Bertz CT molecular complexity index is 618. The van der Waals surface area contributed by atoms with Crippen molar-refractivity contribution in [2.45, 2.75) is 0 Å². The lowest BCUT2D eigenvalue weighted by Gasteiger charge is -2.11. The van der Waals surface area contributed by atoms with Crippen LogP contribution in [0.15, 0.2) is 18.2 Å². The van der Waals surface area contributed by atoms with E-state index in [1.165, 1.54) is 18.2 Å². The summed E-state index contributed by atoms with van der Waals surface area (Å²) in [4.78, 5) is 10.9. The van der Waals surface area contributed by atoms with Crippen molar-refractivity contribution in [1.29, 1.82) is 0 Å². The summed E-state index contributed by atoms with van der Waals surface area (Å²) in [6.07, 6.45) is -1.13. The summed E-state index contributed by atoms with van der Waals surface area (Å²) >= 11 is 10.6. The number of anilines is 1. The first kappa shape index (κ1) is 15.5. The highest BCUT2D eigenvalue weighted by atomic mass is 35.5. The zero-order chi connectivity index (χ0) is 14.6. The van der Waals surface area contributed by atoms with Gasteiger partial charge in [0.05, 0.1) is 17.8 Å². The first-order chi connectivity index (χ1) is 8.75. The molecule has 1 rings (SSSR count). The van der Waals surface area contributed by atoms with Crippen molar-refractivity contribution in [3.63, 3.8) is 0 Å². The Morgan fingerprint density at radius 2 is 2.11 bits per heavy atom. The van der Waals surface area contributed by atoms with E-state index in [1.54, 1.807) is 4.72 Å². The maximum absolute atomic E-state index is 11.6. The van der Waals surface area contributed by atoms with Gasteiger partial charge < -0.3 is 10.5 Å². The van der Waals surface area contributed by atoms with Gasteiger partial charge in [0.15, 0.2) is 0 Å². The highest BCUT2D eigenvalue weighted by Gasteiger charge is 2.16. The number of nitrogens with two attached hydrogens (primary N) is 1. The molecule has 7 nitrogen and oxygen atoms in total. The van der Waals surface area contributed by atoms with E-state index < -0.39 is 16.3 Å². The lowest BCUT2D eigenvalue weighted by molar-refractivity contribution is 0.177. The second-order valence-corrected chi connectivity index (χ2v) is 5.52. The molecule has 0 spiro atoms. The highest BCUT2D eigenvalue weighted by Crippen LogP contribution is 2.23. The van der Waals surface area contributed by atoms with Gasteiger partial charge in [0.25, 0.3) is 0 Å². The van der Waals surface area contributed by atoms with Crippen molar-refractivity contribution >= 4 is 50.8 Å². The summed E-state index contributed by atoms with van der Waals surface area (Å²) < 4.78 is 31.0. The average molecular weight is 324 g/mol. The summed E-state index contributed by atoms with van der Waals surface area (Å²) in [5.74, 6) is 0. The topological polar surface area (TPSA) is 111 Å². The quantitative estimate of drug-likeness (QED) is 0.713. The van der Waals surface area contributed by atoms with Crippen molar-refractivity contribution < 1.29 is 17.9 Å². The zero-order valence-electron chi connectivity index (χ0n) is 9.64. The van der Waals surface area contributed by atoms with Crippen LogP contribution in [-0.4, -0.2) is 26.6 Å². The molecule has 0 atom stereocenters. The smallest absolute Gasteiger partial charge is 0.422 e. The van der Waals surface area contributed by atoms with Crippen molar-refractivity contribution in [2.24, 2.45) is 5.73 Å². The number of methoxy groups -OCH3 is 1. The van der Waals surface area contributed by atoms with Crippen LogP contribution in [0.25, 0.3) is 0 Å².